The van der Waals surface area contributed by atoms with Gasteiger partial charge >= 0.3 is 0 Å². The van der Waals surface area contributed by atoms with Gasteiger partial charge in [0.25, 0.3) is 0 Å². The SMILES string of the molecule is CC[C@H](N)C1C=CC=CC1. The van der Waals surface area contributed by atoms with E-state index in [9.17, 15) is 0 Å². The van der Waals surface area contributed by atoms with Crippen molar-refractivity contribution in [3.63, 3.8) is 0 Å². The molecule has 1 aliphatic rings. The lowest BCUT2D eigenvalue weighted by Gasteiger charge is -2.19. The molecule has 56 valence electrons. The summed E-state index contributed by atoms with van der Waals surface area (Å²) in [6, 6.07) is 0.348. The zero-order valence-electron chi connectivity index (χ0n) is 6.46. The number of hydrogen-bond donors (Lipinski definition) is 1. The summed E-state index contributed by atoms with van der Waals surface area (Å²) in [4.78, 5) is 0. The van der Waals surface area contributed by atoms with E-state index in [0.717, 1.165) is 12.8 Å². The third-order valence-corrected chi connectivity index (χ3v) is 2.04. The lowest BCUT2D eigenvalue weighted by molar-refractivity contribution is 0.490. The molecule has 0 saturated heterocycles. The van der Waals surface area contributed by atoms with Gasteiger partial charge in [-0.25, -0.2) is 0 Å². The predicted octanol–water partition coefficient (Wildman–Crippen LogP) is 1.86. The summed E-state index contributed by atoms with van der Waals surface area (Å²) in [5, 5.41) is 0. The molecule has 1 rings (SSSR count). The van der Waals surface area contributed by atoms with Crippen molar-refractivity contribution in [2.75, 3.05) is 0 Å². The van der Waals surface area contributed by atoms with Gasteiger partial charge in [0.2, 0.25) is 0 Å². The minimum atomic E-state index is 0.348. The molecular weight excluding hydrogens is 122 g/mol. The van der Waals surface area contributed by atoms with Crippen molar-refractivity contribution in [1.29, 1.82) is 0 Å². The summed E-state index contributed by atoms with van der Waals surface area (Å²) in [6.45, 7) is 2.14. The fourth-order valence-electron chi connectivity index (χ4n) is 1.22. The third kappa shape index (κ3) is 1.71. The summed E-state index contributed by atoms with van der Waals surface area (Å²) >= 11 is 0. The van der Waals surface area contributed by atoms with Crippen LogP contribution >= 0.6 is 0 Å². The minimum absolute atomic E-state index is 0.348. The van der Waals surface area contributed by atoms with E-state index in [1.165, 1.54) is 0 Å². The van der Waals surface area contributed by atoms with Crippen LogP contribution in [0.4, 0.5) is 0 Å². The van der Waals surface area contributed by atoms with E-state index in [4.69, 9.17) is 5.73 Å². The molecule has 0 fully saturated rings. The maximum atomic E-state index is 5.86. The zero-order valence-corrected chi connectivity index (χ0v) is 6.46. The van der Waals surface area contributed by atoms with Crippen LogP contribution in [-0.4, -0.2) is 6.04 Å². The Kier molecular flexibility index (Phi) is 2.69. The van der Waals surface area contributed by atoms with Crippen LogP contribution in [0.5, 0.6) is 0 Å². The molecule has 10 heavy (non-hydrogen) atoms. The van der Waals surface area contributed by atoms with Crippen molar-refractivity contribution in [1.82, 2.24) is 0 Å². The lowest BCUT2D eigenvalue weighted by Crippen LogP contribution is -2.28. The van der Waals surface area contributed by atoms with Crippen LogP contribution in [0.15, 0.2) is 24.3 Å². The van der Waals surface area contributed by atoms with Gasteiger partial charge < -0.3 is 5.73 Å². The second-order valence-corrected chi connectivity index (χ2v) is 2.78. The highest BCUT2D eigenvalue weighted by Gasteiger charge is 2.11. The Morgan fingerprint density at radius 2 is 2.40 bits per heavy atom. The van der Waals surface area contributed by atoms with Crippen LogP contribution in [-0.2, 0) is 0 Å². The first-order valence-electron chi connectivity index (χ1n) is 3.93. The van der Waals surface area contributed by atoms with Crippen molar-refractivity contribution in [3.8, 4) is 0 Å². The molecule has 1 unspecified atom stereocenters. The molecule has 2 atom stereocenters. The Balaban J connectivity index is 2.42. The van der Waals surface area contributed by atoms with Gasteiger partial charge in [-0.3, -0.25) is 0 Å². The molecule has 0 radical (unpaired) electrons. The standard InChI is InChI=1S/C9H15N/c1-2-9(10)8-6-4-3-5-7-8/h3-6,8-9H,2,7,10H2,1H3/t8?,9-/m0/s1. The van der Waals surface area contributed by atoms with Crippen LogP contribution in [0.3, 0.4) is 0 Å². The van der Waals surface area contributed by atoms with Crippen molar-refractivity contribution in [3.05, 3.63) is 24.3 Å². The lowest BCUT2D eigenvalue weighted by atomic mass is 9.92. The Hall–Kier alpha value is -0.560. The molecule has 1 heteroatoms. The third-order valence-electron chi connectivity index (χ3n) is 2.04. The molecule has 0 aromatic carbocycles. The topological polar surface area (TPSA) is 26.0 Å². The number of hydrogen-bond acceptors (Lipinski definition) is 1. The van der Waals surface area contributed by atoms with Gasteiger partial charge in [-0.1, -0.05) is 31.2 Å². The summed E-state index contributed by atoms with van der Waals surface area (Å²) in [5.41, 5.74) is 5.86. The minimum Gasteiger partial charge on any atom is -0.327 e. The van der Waals surface area contributed by atoms with Crippen LogP contribution in [0, 0.1) is 5.92 Å². The van der Waals surface area contributed by atoms with E-state index < -0.39 is 0 Å². The molecule has 0 saturated carbocycles. The molecule has 1 nitrogen and oxygen atoms in total. The first-order valence-corrected chi connectivity index (χ1v) is 3.93. The summed E-state index contributed by atoms with van der Waals surface area (Å²) < 4.78 is 0. The van der Waals surface area contributed by atoms with Crippen LogP contribution in [0.25, 0.3) is 0 Å². The molecule has 2 N–H and O–H groups in total. The monoisotopic (exact) mass is 137 g/mol. The highest BCUT2D eigenvalue weighted by atomic mass is 14.6. The predicted molar refractivity (Wildman–Crippen MR) is 44.7 cm³/mol. The Morgan fingerprint density at radius 3 is 2.90 bits per heavy atom. The number of allylic oxidation sites excluding steroid dienone is 3. The quantitative estimate of drug-likeness (QED) is 0.617. The number of nitrogens with two attached hydrogens (primary N) is 1. The van der Waals surface area contributed by atoms with Gasteiger partial charge in [-0.2, -0.15) is 0 Å². The zero-order chi connectivity index (χ0) is 7.40. The first-order chi connectivity index (χ1) is 4.84. The van der Waals surface area contributed by atoms with Gasteiger partial charge in [0.1, 0.15) is 0 Å². The maximum Gasteiger partial charge on any atom is 0.0102 e. The molecule has 0 heterocycles. The van der Waals surface area contributed by atoms with E-state index in [1.807, 2.05) is 0 Å². The second-order valence-electron chi connectivity index (χ2n) is 2.78. The number of rotatable bonds is 2. The first kappa shape index (κ1) is 7.55. The smallest absolute Gasteiger partial charge is 0.0102 e. The highest BCUT2D eigenvalue weighted by Crippen LogP contribution is 2.15. The maximum absolute atomic E-state index is 5.86. The van der Waals surface area contributed by atoms with Gasteiger partial charge in [0.15, 0.2) is 0 Å². The second kappa shape index (κ2) is 3.57. The van der Waals surface area contributed by atoms with Gasteiger partial charge in [-0.15, -0.1) is 0 Å². The normalized spacial score (nSPS) is 26.8. The van der Waals surface area contributed by atoms with E-state index in [0.29, 0.717) is 12.0 Å². The van der Waals surface area contributed by atoms with Crippen LogP contribution in [0.1, 0.15) is 19.8 Å². The van der Waals surface area contributed by atoms with Crippen molar-refractivity contribution in [2.45, 2.75) is 25.8 Å². The van der Waals surface area contributed by atoms with Gasteiger partial charge in [-0.05, 0) is 18.8 Å². The highest BCUT2D eigenvalue weighted by molar-refractivity contribution is 5.12. The Labute approximate surface area is 62.6 Å². The Morgan fingerprint density at radius 1 is 1.60 bits per heavy atom. The summed E-state index contributed by atoms with van der Waals surface area (Å²) in [7, 11) is 0. The largest absolute Gasteiger partial charge is 0.327 e. The van der Waals surface area contributed by atoms with Crippen LogP contribution < -0.4 is 5.73 Å². The summed E-state index contributed by atoms with van der Waals surface area (Å²) in [5.74, 6) is 0.579. The van der Waals surface area contributed by atoms with Crippen molar-refractivity contribution < 1.29 is 0 Å². The van der Waals surface area contributed by atoms with E-state index in [-0.39, 0.29) is 0 Å². The molecule has 0 aliphatic heterocycles. The molecule has 0 spiro atoms. The Bertz CT molecular complexity index is 147. The molecular formula is C9H15N. The van der Waals surface area contributed by atoms with Gasteiger partial charge in [0, 0.05) is 6.04 Å². The van der Waals surface area contributed by atoms with Crippen LogP contribution in [0.2, 0.25) is 0 Å². The van der Waals surface area contributed by atoms with E-state index in [2.05, 4.69) is 31.2 Å². The fourth-order valence-corrected chi connectivity index (χ4v) is 1.22. The molecule has 0 bridgehead atoms. The fraction of sp³-hybridized carbons (Fsp3) is 0.556. The average molecular weight is 137 g/mol. The van der Waals surface area contributed by atoms with E-state index >= 15 is 0 Å². The summed E-state index contributed by atoms with van der Waals surface area (Å²) in [6.07, 6.45) is 10.7. The average Bonchev–Trinajstić information content (AvgIpc) is 2.05. The molecule has 1 aliphatic carbocycles. The van der Waals surface area contributed by atoms with Crippen molar-refractivity contribution in [2.24, 2.45) is 11.7 Å². The molecule has 0 aromatic heterocycles. The molecule has 0 aromatic rings. The van der Waals surface area contributed by atoms with Gasteiger partial charge in [0.05, 0.1) is 0 Å². The van der Waals surface area contributed by atoms with E-state index in [1.54, 1.807) is 0 Å². The molecule has 0 amide bonds. The van der Waals surface area contributed by atoms with Crippen molar-refractivity contribution >= 4 is 0 Å².